The van der Waals surface area contributed by atoms with Gasteiger partial charge in [-0.05, 0) is 55.7 Å². The highest BCUT2D eigenvalue weighted by molar-refractivity contribution is 7.93. The Balaban J connectivity index is 2.10. The second-order valence-electron chi connectivity index (χ2n) is 6.88. The summed E-state index contributed by atoms with van der Waals surface area (Å²) in [6.07, 6.45) is 1.82. The van der Waals surface area contributed by atoms with Gasteiger partial charge < -0.3 is 9.64 Å². The van der Waals surface area contributed by atoms with Gasteiger partial charge in [0.2, 0.25) is 5.91 Å². The first kappa shape index (κ1) is 21.7. The number of rotatable bonds is 6. The van der Waals surface area contributed by atoms with Crippen molar-refractivity contribution in [2.24, 2.45) is 0 Å². The van der Waals surface area contributed by atoms with Gasteiger partial charge in [0.05, 0.1) is 12.8 Å². The van der Waals surface area contributed by atoms with Crippen LogP contribution in [0, 0.1) is 6.92 Å². The standard InChI is InChI=1S/C20H22Cl2N2O4S/c1-14-5-6-18(28-2)19(9-14)29(26,27)24(13-20(25)23-7-3-4-8-23)17-11-15(21)10-16(22)12-17/h5-6,9-12H,3-4,7-8,13H2,1-2H3. The van der Waals surface area contributed by atoms with Gasteiger partial charge in [-0.3, -0.25) is 9.10 Å². The SMILES string of the molecule is COc1ccc(C)cc1S(=O)(=O)N(CC(=O)N1CCCC1)c1cc(Cl)cc(Cl)c1. The summed E-state index contributed by atoms with van der Waals surface area (Å²) < 4.78 is 33.6. The van der Waals surface area contributed by atoms with Gasteiger partial charge in [-0.25, -0.2) is 8.42 Å². The average molecular weight is 457 g/mol. The molecule has 0 aromatic heterocycles. The lowest BCUT2D eigenvalue weighted by Crippen LogP contribution is -2.42. The Labute approximate surface area is 181 Å². The second kappa shape index (κ2) is 8.81. The number of nitrogens with zero attached hydrogens (tertiary/aromatic N) is 2. The van der Waals surface area contributed by atoms with E-state index in [1.54, 1.807) is 24.0 Å². The van der Waals surface area contributed by atoms with Gasteiger partial charge in [0, 0.05) is 23.1 Å². The number of carbonyl (C=O) groups is 1. The van der Waals surface area contributed by atoms with E-state index in [9.17, 15) is 13.2 Å². The minimum atomic E-state index is -4.13. The van der Waals surface area contributed by atoms with Crippen molar-refractivity contribution in [2.75, 3.05) is 31.0 Å². The molecule has 2 aromatic rings. The van der Waals surface area contributed by atoms with E-state index in [-0.39, 0.29) is 38.8 Å². The van der Waals surface area contributed by atoms with Crippen LogP contribution < -0.4 is 9.04 Å². The van der Waals surface area contributed by atoms with E-state index in [0.29, 0.717) is 13.1 Å². The molecule has 0 unspecified atom stereocenters. The van der Waals surface area contributed by atoms with Crippen molar-refractivity contribution >= 4 is 44.8 Å². The Kier molecular flexibility index (Phi) is 6.61. The van der Waals surface area contributed by atoms with E-state index in [1.165, 1.54) is 31.4 Å². The minimum Gasteiger partial charge on any atom is -0.495 e. The topological polar surface area (TPSA) is 66.9 Å². The number of halogens is 2. The van der Waals surface area contributed by atoms with Gasteiger partial charge in [-0.1, -0.05) is 29.3 Å². The lowest BCUT2D eigenvalue weighted by atomic mass is 10.2. The molecule has 0 radical (unpaired) electrons. The Morgan fingerprint density at radius 2 is 1.72 bits per heavy atom. The van der Waals surface area contributed by atoms with E-state index >= 15 is 0 Å². The number of anilines is 1. The minimum absolute atomic E-state index is 0.0229. The molecule has 2 aromatic carbocycles. The molecule has 156 valence electrons. The fraction of sp³-hybridized carbons (Fsp3) is 0.350. The maximum Gasteiger partial charge on any atom is 0.268 e. The van der Waals surface area contributed by atoms with Crippen molar-refractivity contribution < 1.29 is 17.9 Å². The molecular weight excluding hydrogens is 435 g/mol. The number of hydrogen-bond acceptors (Lipinski definition) is 4. The van der Waals surface area contributed by atoms with Crippen LogP contribution in [0.2, 0.25) is 10.0 Å². The summed E-state index contributed by atoms with van der Waals surface area (Å²) in [6.45, 7) is 2.68. The highest BCUT2D eigenvalue weighted by Gasteiger charge is 2.32. The van der Waals surface area contributed by atoms with Crippen molar-refractivity contribution in [1.29, 1.82) is 0 Å². The fourth-order valence-electron chi connectivity index (χ4n) is 3.29. The van der Waals surface area contributed by atoms with Crippen molar-refractivity contribution in [1.82, 2.24) is 4.90 Å². The fourth-order valence-corrected chi connectivity index (χ4v) is 5.45. The van der Waals surface area contributed by atoms with Gasteiger partial charge in [0.15, 0.2) is 0 Å². The van der Waals surface area contributed by atoms with Crippen LogP contribution >= 0.6 is 23.2 Å². The molecular formula is C20H22Cl2N2O4S. The summed E-state index contributed by atoms with van der Waals surface area (Å²) in [5.74, 6) is -0.0730. The lowest BCUT2D eigenvalue weighted by Gasteiger charge is -2.27. The quantitative estimate of drug-likeness (QED) is 0.655. The first-order chi connectivity index (χ1) is 13.7. The molecule has 9 heteroatoms. The zero-order chi connectivity index (χ0) is 21.2. The monoisotopic (exact) mass is 456 g/mol. The van der Waals surface area contributed by atoms with Crippen LogP contribution in [0.5, 0.6) is 5.75 Å². The molecule has 0 atom stereocenters. The van der Waals surface area contributed by atoms with Crippen molar-refractivity contribution in [3.8, 4) is 5.75 Å². The summed E-state index contributed by atoms with van der Waals surface area (Å²) in [6, 6.07) is 9.33. The van der Waals surface area contributed by atoms with Crippen molar-refractivity contribution in [3.05, 3.63) is 52.0 Å². The third kappa shape index (κ3) is 4.79. The number of amides is 1. The number of aryl methyl sites for hydroxylation is 1. The summed E-state index contributed by atoms with van der Waals surface area (Å²) in [5.41, 5.74) is 0.970. The molecule has 1 aliphatic heterocycles. The van der Waals surface area contributed by atoms with Crippen LogP contribution in [0.15, 0.2) is 41.3 Å². The number of methoxy groups -OCH3 is 1. The molecule has 0 N–H and O–H groups in total. The molecule has 1 saturated heterocycles. The molecule has 3 rings (SSSR count). The van der Waals surface area contributed by atoms with Crippen LogP contribution in [0.3, 0.4) is 0 Å². The van der Waals surface area contributed by atoms with Crippen LogP contribution in [-0.4, -0.2) is 46.0 Å². The Morgan fingerprint density at radius 3 is 2.31 bits per heavy atom. The maximum atomic E-state index is 13.6. The molecule has 0 saturated carbocycles. The molecule has 1 heterocycles. The zero-order valence-corrected chi connectivity index (χ0v) is 18.5. The van der Waals surface area contributed by atoms with E-state index in [0.717, 1.165) is 22.7 Å². The first-order valence-corrected chi connectivity index (χ1v) is 11.3. The van der Waals surface area contributed by atoms with Gasteiger partial charge >= 0.3 is 0 Å². The molecule has 1 fully saturated rings. The normalized spacial score (nSPS) is 14.1. The number of ether oxygens (including phenoxy) is 1. The van der Waals surface area contributed by atoms with Gasteiger partial charge in [-0.2, -0.15) is 0 Å². The van der Waals surface area contributed by atoms with E-state index < -0.39 is 10.0 Å². The van der Waals surface area contributed by atoms with Crippen molar-refractivity contribution in [3.63, 3.8) is 0 Å². The highest BCUT2D eigenvalue weighted by Crippen LogP contribution is 2.33. The summed E-state index contributed by atoms with van der Waals surface area (Å²) in [5, 5.41) is 0.551. The third-order valence-corrected chi connectivity index (χ3v) is 6.99. The Bertz CT molecular complexity index is 1000. The Hall–Kier alpha value is -1.96. The van der Waals surface area contributed by atoms with Gasteiger partial charge in [0.25, 0.3) is 10.0 Å². The molecule has 0 aliphatic carbocycles. The Morgan fingerprint density at radius 1 is 1.10 bits per heavy atom. The predicted octanol–water partition coefficient (Wildman–Crippen LogP) is 4.13. The number of hydrogen-bond donors (Lipinski definition) is 0. The van der Waals surface area contributed by atoms with E-state index in [2.05, 4.69) is 0 Å². The van der Waals surface area contributed by atoms with Crippen LogP contribution in [0.1, 0.15) is 18.4 Å². The van der Waals surface area contributed by atoms with E-state index in [1.807, 2.05) is 0 Å². The van der Waals surface area contributed by atoms with Gasteiger partial charge in [0.1, 0.15) is 17.2 Å². The third-order valence-electron chi connectivity index (χ3n) is 4.76. The summed E-state index contributed by atoms with van der Waals surface area (Å²) in [4.78, 5) is 14.5. The molecule has 6 nitrogen and oxygen atoms in total. The first-order valence-electron chi connectivity index (χ1n) is 9.13. The maximum absolute atomic E-state index is 13.6. The average Bonchev–Trinajstić information content (AvgIpc) is 3.19. The molecule has 0 spiro atoms. The smallest absolute Gasteiger partial charge is 0.268 e. The molecule has 0 bridgehead atoms. The molecule has 1 amide bonds. The molecule has 1 aliphatic rings. The number of likely N-dealkylation sites (tertiary alicyclic amines) is 1. The summed E-state index contributed by atoms with van der Waals surface area (Å²) >= 11 is 12.2. The number of sulfonamides is 1. The lowest BCUT2D eigenvalue weighted by molar-refractivity contribution is -0.128. The highest BCUT2D eigenvalue weighted by atomic mass is 35.5. The zero-order valence-electron chi connectivity index (χ0n) is 16.2. The largest absolute Gasteiger partial charge is 0.495 e. The predicted molar refractivity (Wildman–Crippen MR) is 115 cm³/mol. The molecule has 29 heavy (non-hydrogen) atoms. The van der Waals surface area contributed by atoms with Crippen molar-refractivity contribution in [2.45, 2.75) is 24.7 Å². The number of carbonyl (C=O) groups excluding carboxylic acids is 1. The van der Waals surface area contributed by atoms with E-state index in [4.69, 9.17) is 27.9 Å². The van der Waals surface area contributed by atoms with Crippen LogP contribution in [0.25, 0.3) is 0 Å². The van der Waals surface area contributed by atoms with Gasteiger partial charge in [-0.15, -0.1) is 0 Å². The van der Waals surface area contributed by atoms with Crippen LogP contribution in [0.4, 0.5) is 5.69 Å². The summed E-state index contributed by atoms with van der Waals surface area (Å²) in [7, 11) is -2.73. The second-order valence-corrected chi connectivity index (χ2v) is 9.59. The van der Waals surface area contributed by atoms with Crippen LogP contribution in [-0.2, 0) is 14.8 Å². The number of benzene rings is 2.